The van der Waals surface area contributed by atoms with Gasteiger partial charge in [-0.05, 0) is 66.2 Å². The summed E-state index contributed by atoms with van der Waals surface area (Å²) in [4.78, 5) is 14.4. The topological polar surface area (TPSA) is 32.3 Å². The van der Waals surface area contributed by atoms with Gasteiger partial charge < -0.3 is 10.2 Å². The molecule has 1 spiro atoms. The zero-order valence-corrected chi connectivity index (χ0v) is 13.7. The Morgan fingerprint density at radius 1 is 1.26 bits per heavy atom. The first-order valence-electron chi connectivity index (χ1n) is 6.44. The number of likely N-dealkylation sites (tertiary alicyclic amines) is 1. The molecule has 104 valence electrons. The molecule has 0 radical (unpaired) electrons. The van der Waals surface area contributed by atoms with Crippen LogP contribution in [0.3, 0.4) is 0 Å². The molecule has 2 aliphatic heterocycles. The monoisotopic (exact) mass is 392 g/mol. The highest BCUT2D eigenvalue weighted by molar-refractivity contribution is 14.1. The molecule has 3 rings (SSSR count). The van der Waals surface area contributed by atoms with Gasteiger partial charge in [0, 0.05) is 34.2 Å². The van der Waals surface area contributed by atoms with E-state index < -0.39 is 0 Å². The van der Waals surface area contributed by atoms with Crippen LogP contribution >= 0.6 is 35.0 Å². The van der Waals surface area contributed by atoms with E-state index in [1.165, 1.54) is 9.99 Å². The number of carbonyl (C=O) groups is 1. The molecule has 3 nitrogen and oxygen atoms in total. The maximum atomic E-state index is 12.4. The van der Waals surface area contributed by atoms with Crippen LogP contribution in [0.1, 0.15) is 23.2 Å². The molecule has 1 N–H and O–H groups in total. The van der Waals surface area contributed by atoms with Gasteiger partial charge in [-0.1, -0.05) is 0 Å². The molecule has 1 amide bonds. The minimum absolute atomic E-state index is 0. The number of hydrogen-bond acceptors (Lipinski definition) is 2. The number of rotatable bonds is 1. The summed E-state index contributed by atoms with van der Waals surface area (Å²) in [7, 11) is 0. The third-order valence-electron chi connectivity index (χ3n) is 4.15. The number of benzene rings is 1. The molecule has 0 aromatic heterocycles. The largest absolute Gasteiger partial charge is 0.338 e. The second-order valence-electron chi connectivity index (χ2n) is 5.41. The first-order valence-corrected chi connectivity index (χ1v) is 7.52. The fourth-order valence-corrected chi connectivity index (χ4v) is 3.39. The Kier molecular flexibility index (Phi) is 4.74. The molecule has 1 aromatic rings. The van der Waals surface area contributed by atoms with Crippen molar-refractivity contribution in [2.24, 2.45) is 5.41 Å². The summed E-state index contributed by atoms with van der Waals surface area (Å²) in [5.41, 5.74) is 1.18. The molecule has 1 atom stereocenters. The molecule has 0 bridgehead atoms. The maximum Gasteiger partial charge on any atom is 0.253 e. The highest BCUT2D eigenvalue weighted by Crippen LogP contribution is 2.36. The molecule has 5 heteroatoms. The highest BCUT2D eigenvalue weighted by Gasteiger charge is 2.41. The van der Waals surface area contributed by atoms with Crippen LogP contribution in [-0.4, -0.2) is 37.0 Å². The van der Waals surface area contributed by atoms with E-state index in [1.54, 1.807) is 0 Å². The van der Waals surface area contributed by atoms with E-state index >= 15 is 0 Å². The molecule has 2 heterocycles. The Hall–Kier alpha value is -0.330. The quantitative estimate of drug-likeness (QED) is 0.745. The first kappa shape index (κ1) is 15.1. The van der Waals surface area contributed by atoms with Crippen molar-refractivity contribution in [1.29, 1.82) is 0 Å². The molecule has 2 saturated heterocycles. The van der Waals surface area contributed by atoms with E-state index in [1.807, 2.05) is 29.2 Å². The summed E-state index contributed by atoms with van der Waals surface area (Å²) in [6.45, 7) is 4.01. The standard InChI is InChI=1S/C14H17IN2O.ClH/c15-12-3-1-11(2-4-12)13(18)17-8-6-14(10-17)5-7-16-9-14;/h1-4,16H,5-10H2;1H. The van der Waals surface area contributed by atoms with Gasteiger partial charge in [0.05, 0.1) is 0 Å². The average molecular weight is 393 g/mol. The summed E-state index contributed by atoms with van der Waals surface area (Å²) in [5.74, 6) is 0.190. The van der Waals surface area contributed by atoms with Crippen LogP contribution in [0, 0.1) is 8.99 Å². The fourth-order valence-electron chi connectivity index (χ4n) is 3.03. The number of nitrogens with zero attached hydrogens (tertiary/aromatic N) is 1. The van der Waals surface area contributed by atoms with Gasteiger partial charge in [0.2, 0.25) is 0 Å². The van der Waals surface area contributed by atoms with E-state index in [9.17, 15) is 4.79 Å². The SMILES string of the molecule is Cl.O=C(c1ccc(I)cc1)N1CCC2(CCNC2)C1. The number of halogens is 2. The highest BCUT2D eigenvalue weighted by atomic mass is 127. The molecule has 0 aliphatic carbocycles. The van der Waals surface area contributed by atoms with Crippen molar-refractivity contribution in [2.75, 3.05) is 26.2 Å². The average Bonchev–Trinajstić information content (AvgIpc) is 3.01. The summed E-state index contributed by atoms with van der Waals surface area (Å²) in [6, 6.07) is 7.86. The van der Waals surface area contributed by atoms with Gasteiger partial charge in [-0.3, -0.25) is 4.79 Å². The van der Waals surface area contributed by atoms with E-state index in [0.717, 1.165) is 38.2 Å². The molecular weight excluding hydrogens is 375 g/mol. The van der Waals surface area contributed by atoms with Crippen LogP contribution in [-0.2, 0) is 0 Å². The lowest BCUT2D eigenvalue weighted by Gasteiger charge is -2.22. The minimum atomic E-state index is 0. The third-order valence-corrected chi connectivity index (χ3v) is 4.87. The molecule has 1 aromatic carbocycles. The van der Waals surface area contributed by atoms with Crippen molar-refractivity contribution in [2.45, 2.75) is 12.8 Å². The summed E-state index contributed by atoms with van der Waals surface area (Å²) < 4.78 is 1.17. The Labute approximate surface area is 133 Å². The number of nitrogens with one attached hydrogen (secondary N) is 1. The first-order chi connectivity index (χ1) is 8.69. The number of amides is 1. The maximum absolute atomic E-state index is 12.4. The van der Waals surface area contributed by atoms with E-state index in [2.05, 4.69) is 27.9 Å². The zero-order valence-electron chi connectivity index (χ0n) is 10.7. The van der Waals surface area contributed by atoms with Crippen LogP contribution in [0.25, 0.3) is 0 Å². The lowest BCUT2D eigenvalue weighted by atomic mass is 9.86. The summed E-state index contributed by atoms with van der Waals surface area (Å²) in [6.07, 6.45) is 2.36. The predicted molar refractivity (Wildman–Crippen MR) is 86.8 cm³/mol. The predicted octanol–water partition coefficient (Wildman–Crippen LogP) is 2.54. The summed E-state index contributed by atoms with van der Waals surface area (Å²) >= 11 is 2.26. The number of hydrogen-bond donors (Lipinski definition) is 1. The fraction of sp³-hybridized carbons (Fsp3) is 0.500. The van der Waals surface area contributed by atoms with Gasteiger partial charge >= 0.3 is 0 Å². The van der Waals surface area contributed by atoms with Crippen molar-refractivity contribution in [3.8, 4) is 0 Å². The van der Waals surface area contributed by atoms with Crippen molar-refractivity contribution in [3.63, 3.8) is 0 Å². The molecule has 1 unspecified atom stereocenters. The lowest BCUT2D eigenvalue weighted by Crippen LogP contribution is -2.33. The van der Waals surface area contributed by atoms with Crippen molar-refractivity contribution in [3.05, 3.63) is 33.4 Å². The van der Waals surface area contributed by atoms with Gasteiger partial charge in [-0.25, -0.2) is 0 Å². The minimum Gasteiger partial charge on any atom is -0.338 e. The van der Waals surface area contributed by atoms with Crippen LogP contribution in [0.5, 0.6) is 0 Å². The van der Waals surface area contributed by atoms with Crippen LogP contribution in [0.2, 0.25) is 0 Å². The number of carbonyl (C=O) groups excluding carboxylic acids is 1. The summed E-state index contributed by atoms with van der Waals surface area (Å²) in [5, 5.41) is 3.42. The molecule has 0 saturated carbocycles. The van der Waals surface area contributed by atoms with Gasteiger partial charge in [0.25, 0.3) is 5.91 Å². The molecule has 19 heavy (non-hydrogen) atoms. The van der Waals surface area contributed by atoms with Crippen LogP contribution in [0.15, 0.2) is 24.3 Å². The third kappa shape index (κ3) is 3.06. The van der Waals surface area contributed by atoms with Crippen molar-refractivity contribution >= 4 is 40.9 Å². The molecular formula is C14H18ClIN2O. The normalized spacial score (nSPS) is 25.6. The smallest absolute Gasteiger partial charge is 0.253 e. The Morgan fingerprint density at radius 2 is 2.00 bits per heavy atom. The second kappa shape index (κ2) is 5.97. The second-order valence-corrected chi connectivity index (χ2v) is 6.66. The zero-order chi connectivity index (χ0) is 12.6. The van der Waals surface area contributed by atoms with E-state index in [-0.39, 0.29) is 18.3 Å². The Balaban J connectivity index is 0.00000133. The lowest BCUT2D eigenvalue weighted by molar-refractivity contribution is 0.0775. The Morgan fingerprint density at radius 3 is 2.63 bits per heavy atom. The van der Waals surface area contributed by atoms with Gasteiger partial charge in [-0.15, -0.1) is 12.4 Å². The van der Waals surface area contributed by atoms with E-state index in [0.29, 0.717) is 5.41 Å². The van der Waals surface area contributed by atoms with Gasteiger partial charge in [-0.2, -0.15) is 0 Å². The van der Waals surface area contributed by atoms with Gasteiger partial charge in [0.1, 0.15) is 0 Å². The van der Waals surface area contributed by atoms with Crippen LogP contribution < -0.4 is 5.32 Å². The van der Waals surface area contributed by atoms with Crippen molar-refractivity contribution < 1.29 is 4.79 Å². The van der Waals surface area contributed by atoms with Crippen LogP contribution in [0.4, 0.5) is 0 Å². The van der Waals surface area contributed by atoms with Gasteiger partial charge in [0.15, 0.2) is 0 Å². The molecule has 2 aliphatic rings. The van der Waals surface area contributed by atoms with E-state index in [4.69, 9.17) is 0 Å². The van der Waals surface area contributed by atoms with Crippen molar-refractivity contribution in [1.82, 2.24) is 10.2 Å². The molecule has 2 fully saturated rings. The Bertz CT molecular complexity index is 457.